The van der Waals surface area contributed by atoms with Crippen LogP contribution in [0, 0.1) is 0 Å². The maximum Gasteiger partial charge on any atom is 0.257 e. The Balaban J connectivity index is 1.93. The SMILES string of the molecule is CCOc1cc(N2CCOCC2)c(OCC)cc1NC(=O)c1ccc(Cl)nc1. The highest BCUT2D eigenvalue weighted by atomic mass is 35.5. The molecule has 2 aromatic rings. The number of carbonyl (C=O) groups excluding carboxylic acids is 1. The van der Waals surface area contributed by atoms with Crippen LogP contribution in [0.25, 0.3) is 0 Å². The van der Waals surface area contributed by atoms with Crippen molar-refractivity contribution < 1.29 is 19.0 Å². The number of ether oxygens (including phenoxy) is 3. The lowest BCUT2D eigenvalue weighted by molar-refractivity contribution is 0.102. The highest BCUT2D eigenvalue weighted by Gasteiger charge is 2.20. The summed E-state index contributed by atoms with van der Waals surface area (Å²) in [6, 6.07) is 6.92. The number of rotatable bonds is 7. The topological polar surface area (TPSA) is 72.9 Å². The predicted molar refractivity (Wildman–Crippen MR) is 109 cm³/mol. The molecule has 1 aromatic carbocycles. The van der Waals surface area contributed by atoms with E-state index in [1.54, 1.807) is 18.2 Å². The molecule has 0 unspecified atom stereocenters. The molecule has 1 aliphatic rings. The second kappa shape index (κ2) is 9.61. The Morgan fingerprint density at radius 3 is 2.54 bits per heavy atom. The van der Waals surface area contributed by atoms with Gasteiger partial charge in [0.25, 0.3) is 5.91 Å². The Morgan fingerprint density at radius 1 is 1.18 bits per heavy atom. The molecule has 150 valence electrons. The number of morpholine rings is 1. The lowest BCUT2D eigenvalue weighted by Crippen LogP contribution is -2.36. The van der Waals surface area contributed by atoms with Gasteiger partial charge in [-0.15, -0.1) is 0 Å². The van der Waals surface area contributed by atoms with E-state index in [4.69, 9.17) is 25.8 Å². The summed E-state index contributed by atoms with van der Waals surface area (Å²) >= 11 is 5.80. The Hall–Kier alpha value is -2.51. The molecular weight excluding hydrogens is 382 g/mol. The van der Waals surface area contributed by atoms with Crippen LogP contribution in [0.2, 0.25) is 5.15 Å². The molecule has 0 aliphatic carbocycles. The number of nitrogens with one attached hydrogen (secondary N) is 1. The van der Waals surface area contributed by atoms with Crippen molar-refractivity contribution in [1.82, 2.24) is 4.98 Å². The maximum absolute atomic E-state index is 12.6. The van der Waals surface area contributed by atoms with E-state index in [2.05, 4.69) is 15.2 Å². The van der Waals surface area contributed by atoms with Crippen LogP contribution in [0.4, 0.5) is 11.4 Å². The zero-order valence-electron chi connectivity index (χ0n) is 16.0. The van der Waals surface area contributed by atoms with Gasteiger partial charge in [0.15, 0.2) is 0 Å². The average molecular weight is 406 g/mol. The fourth-order valence-electron chi connectivity index (χ4n) is 2.95. The van der Waals surface area contributed by atoms with E-state index in [0.29, 0.717) is 54.3 Å². The molecule has 0 saturated carbocycles. The minimum atomic E-state index is -0.299. The molecule has 0 spiro atoms. The minimum absolute atomic E-state index is 0.299. The van der Waals surface area contributed by atoms with Crippen LogP contribution in [-0.2, 0) is 4.74 Å². The minimum Gasteiger partial charge on any atom is -0.492 e. The largest absolute Gasteiger partial charge is 0.492 e. The first-order valence-corrected chi connectivity index (χ1v) is 9.69. The Labute approximate surface area is 169 Å². The molecule has 1 saturated heterocycles. The number of amides is 1. The number of benzene rings is 1. The molecule has 3 rings (SSSR count). The van der Waals surface area contributed by atoms with Crippen LogP contribution in [0.15, 0.2) is 30.5 Å². The smallest absolute Gasteiger partial charge is 0.257 e. The highest BCUT2D eigenvalue weighted by molar-refractivity contribution is 6.29. The van der Waals surface area contributed by atoms with Gasteiger partial charge in [0.05, 0.1) is 43.4 Å². The molecule has 8 heteroatoms. The van der Waals surface area contributed by atoms with Gasteiger partial charge in [-0.2, -0.15) is 0 Å². The van der Waals surface area contributed by atoms with Crippen molar-refractivity contribution in [3.05, 3.63) is 41.2 Å². The first kappa shape index (κ1) is 20.2. The number of nitrogens with zero attached hydrogens (tertiary/aromatic N) is 2. The van der Waals surface area contributed by atoms with E-state index in [-0.39, 0.29) is 5.91 Å². The van der Waals surface area contributed by atoms with Gasteiger partial charge in [-0.1, -0.05) is 11.6 Å². The third-order valence-corrected chi connectivity index (χ3v) is 4.47. The Morgan fingerprint density at radius 2 is 1.89 bits per heavy atom. The maximum atomic E-state index is 12.6. The van der Waals surface area contributed by atoms with Gasteiger partial charge in [-0.3, -0.25) is 4.79 Å². The lowest BCUT2D eigenvalue weighted by Gasteiger charge is -2.31. The summed E-state index contributed by atoms with van der Waals surface area (Å²) in [5.41, 5.74) is 1.88. The van der Waals surface area contributed by atoms with E-state index in [1.165, 1.54) is 6.20 Å². The fourth-order valence-corrected chi connectivity index (χ4v) is 3.06. The summed E-state index contributed by atoms with van der Waals surface area (Å²) < 4.78 is 17.1. The zero-order valence-corrected chi connectivity index (χ0v) is 16.8. The molecular formula is C20H24ClN3O4. The quantitative estimate of drug-likeness (QED) is 0.709. The van der Waals surface area contributed by atoms with E-state index < -0.39 is 0 Å². The lowest BCUT2D eigenvalue weighted by atomic mass is 10.2. The van der Waals surface area contributed by atoms with Crippen LogP contribution in [0.3, 0.4) is 0 Å². The van der Waals surface area contributed by atoms with Gasteiger partial charge >= 0.3 is 0 Å². The first-order chi connectivity index (χ1) is 13.6. The van der Waals surface area contributed by atoms with Crippen LogP contribution in [0.5, 0.6) is 11.5 Å². The van der Waals surface area contributed by atoms with Crippen molar-refractivity contribution in [2.75, 3.05) is 49.7 Å². The standard InChI is InChI=1S/C20H24ClN3O4/c1-3-27-17-12-16(24-7-9-26-10-8-24)18(28-4-2)11-15(17)23-20(25)14-5-6-19(21)22-13-14/h5-6,11-13H,3-4,7-10H2,1-2H3,(H,23,25). The average Bonchev–Trinajstić information content (AvgIpc) is 2.71. The number of anilines is 2. The van der Waals surface area contributed by atoms with Crippen molar-refractivity contribution in [1.29, 1.82) is 0 Å². The third kappa shape index (κ3) is 4.85. The number of hydrogen-bond acceptors (Lipinski definition) is 6. The summed E-state index contributed by atoms with van der Waals surface area (Å²) in [7, 11) is 0. The molecule has 0 radical (unpaired) electrons. The number of pyridine rings is 1. The highest BCUT2D eigenvalue weighted by Crippen LogP contribution is 2.39. The number of carbonyl (C=O) groups is 1. The molecule has 2 heterocycles. The Bertz CT molecular complexity index is 808. The molecule has 7 nitrogen and oxygen atoms in total. The summed E-state index contributed by atoms with van der Waals surface area (Å²) in [4.78, 5) is 18.8. The van der Waals surface area contributed by atoms with Crippen LogP contribution in [0.1, 0.15) is 24.2 Å². The molecule has 1 aromatic heterocycles. The zero-order chi connectivity index (χ0) is 19.9. The summed E-state index contributed by atoms with van der Waals surface area (Å²) in [5.74, 6) is 0.979. The van der Waals surface area contributed by atoms with E-state index in [0.717, 1.165) is 18.8 Å². The monoisotopic (exact) mass is 405 g/mol. The van der Waals surface area contributed by atoms with Gasteiger partial charge < -0.3 is 24.4 Å². The normalized spacial score (nSPS) is 13.9. The summed E-state index contributed by atoms with van der Waals surface area (Å²) in [5, 5.41) is 3.22. The number of hydrogen-bond donors (Lipinski definition) is 1. The van der Waals surface area contributed by atoms with Crippen molar-refractivity contribution in [3.8, 4) is 11.5 Å². The molecule has 28 heavy (non-hydrogen) atoms. The van der Waals surface area contributed by atoms with E-state index >= 15 is 0 Å². The van der Waals surface area contributed by atoms with Crippen LogP contribution < -0.4 is 19.7 Å². The molecule has 1 fully saturated rings. The number of aromatic nitrogens is 1. The number of halogens is 1. The molecule has 0 bridgehead atoms. The van der Waals surface area contributed by atoms with Gasteiger partial charge in [-0.25, -0.2) is 4.98 Å². The first-order valence-electron chi connectivity index (χ1n) is 9.31. The Kier molecular flexibility index (Phi) is 6.95. The molecule has 1 aliphatic heterocycles. The predicted octanol–water partition coefficient (Wildman–Crippen LogP) is 3.62. The second-order valence-electron chi connectivity index (χ2n) is 6.11. The van der Waals surface area contributed by atoms with Crippen molar-refractivity contribution >= 4 is 28.9 Å². The molecule has 1 amide bonds. The van der Waals surface area contributed by atoms with E-state index in [1.807, 2.05) is 19.9 Å². The molecule has 0 atom stereocenters. The second-order valence-corrected chi connectivity index (χ2v) is 6.49. The van der Waals surface area contributed by atoms with Crippen LogP contribution >= 0.6 is 11.6 Å². The van der Waals surface area contributed by atoms with E-state index in [9.17, 15) is 4.79 Å². The summed E-state index contributed by atoms with van der Waals surface area (Å²) in [6.45, 7) is 7.69. The van der Waals surface area contributed by atoms with Crippen LogP contribution in [-0.4, -0.2) is 50.4 Å². The molecule has 1 N–H and O–H groups in total. The van der Waals surface area contributed by atoms with Crippen molar-refractivity contribution in [2.45, 2.75) is 13.8 Å². The van der Waals surface area contributed by atoms with Gasteiger partial charge in [0, 0.05) is 31.4 Å². The van der Waals surface area contributed by atoms with Crippen molar-refractivity contribution in [2.24, 2.45) is 0 Å². The van der Waals surface area contributed by atoms with Gasteiger partial charge in [-0.05, 0) is 26.0 Å². The third-order valence-electron chi connectivity index (χ3n) is 4.25. The summed E-state index contributed by atoms with van der Waals surface area (Å²) in [6.07, 6.45) is 1.43. The van der Waals surface area contributed by atoms with Gasteiger partial charge in [0.2, 0.25) is 0 Å². The van der Waals surface area contributed by atoms with Gasteiger partial charge in [0.1, 0.15) is 16.7 Å². The van der Waals surface area contributed by atoms with Crippen molar-refractivity contribution in [3.63, 3.8) is 0 Å². The fraction of sp³-hybridized carbons (Fsp3) is 0.400.